The molecule has 0 aromatic carbocycles. The van der Waals surface area contributed by atoms with Gasteiger partial charge in [-0.2, -0.15) is 10.4 Å². The molecule has 3 aliphatic rings. The lowest BCUT2D eigenvalue weighted by atomic mass is 9.93. The molecule has 0 spiro atoms. The van der Waals surface area contributed by atoms with E-state index in [1.54, 1.807) is 0 Å². The van der Waals surface area contributed by atoms with Crippen LogP contribution in [0.25, 0.3) is 5.70 Å². The fraction of sp³-hybridized carbons (Fsp3) is 0.462. The van der Waals surface area contributed by atoms with Crippen LogP contribution in [0.4, 0.5) is 17.5 Å². The topological polar surface area (TPSA) is 69.6 Å². The van der Waals surface area contributed by atoms with Crippen LogP contribution < -0.4 is 30.4 Å². The first-order valence-corrected chi connectivity index (χ1v) is 13.0. The summed E-state index contributed by atoms with van der Waals surface area (Å²) in [5.74, 6) is 3.69. The zero-order chi connectivity index (χ0) is 23.9. The van der Waals surface area contributed by atoms with Crippen molar-refractivity contribution in [2.75, 3.05) is 28.3 Å². The first-order valence-electron chi connectivity index (χ1n) is 12.1. The van der Waals surface area contributed by atoms with Crippen molar-refractivity contribution in [1.29, 1.82) is 0 Å². The van der Waals surface area contributed by atoms with E-state index < -0.39 is 0 Å². The van der Waals surface area contributed by atoms with E-state index in [1.165, 1.54) is 24.8 Å². The number of H-pyrrole nitrogens is 1. The van der Waals surface area contributed by atoms with Crippen LogP contribution in [0.2, 0.25) is 0 Å². The number of aromatic amines is 1. The Hall–Kier alpha value is -2.71. The average molecular weight is 479 g/mol. The third-order valence-electron chi connectivity index (χ3n) is 6.87. The minimum atomic E-state index is -0.0751. The number of anilines is 3. The highest BCUT2D eigenvalue weighted by molar-refractivity contribution is 7.97. The summed E-state index contributed by atoms with van der Waals surface area (Å²) in [6.45, 7) is 15.4. The summed E-state index contributed by atoms with van der Waals surface area (Å²) in [5, 5.41) is 6.48. The monoisotopic (exact) mass is 478 g/mol. The predicted octanol–water partition coefficient (Wildman–Crippen LogP) is 4.59. The number of hydrazine groups is 1. The quantitative estimate of drug-likeness (QED) is 0.518. The van der Waals surface area contributed by atoms with Gasteiger partial charge in [0, 0.05) is 24.6 Å². The Labute approximate surface area is 207 Å². The van der Waals surface area contributed by atoms with E-state index in [0.717, 1.165) is 53.3 Å². The minimum absolute atomic E-state index is 0.0475. The second-order valence-electron chi connectivity index (χ2n) is 10.7. The molecule has 0 aliphatic carbocycles. The zero-order valence-corrected chi connectivity index (χ0v) is 21.4. The number of pyridine rings is 2. The van der Waals surface area contributed by atoms with Crippen LogP contribution in [-0.2, 0) is 0 Å². The van der Waals surface area contributed by atoms with E-state index >= 15 is 0 Å². The maximum Gasteiger partial charge on any atom is 0.243 e. The Morgan fingerprint density at radius 3 is 2.82 bits per heavy atom. The van der Waals surface area contributed by atoms with Crippen molar-refractivity contribution in [2.45, 2.75) is 63.1 Å². The van der Waals surface area contributed by atoms with Gasteiger partial charge in [0.25, 0.3) is 0 Å². The molecule has 1 atom stereocenters. The minimum Gasteiger partial charge on any atom is -0.370 e. The summed E-state index contributed by atoms with van der Waals surface area (Å²) in [6, 6.07) is 10.4. The molecule has 1 fully saturated rings. The van der Waals surface area contributed by atoms with E-state index in [-0.39, 0.29) is 11.1 Å². The molecule has 4 bridgehead atoms. The van der Waals surface area contributed by atoms with E-state index in [9.17, 15) is 0 Å². The molecular weight excluding hydrogens is 442 g/mol. The SMILES string of the molecule is C=C1NSc2cccc(n2)NCCCC2CN(c3[nH+]c(N4C=CC(C)(C)N4)ccc31)C(C)(C)C2. The molecule has 0 radical (unpaired) electrons. The van der Waals surface area contributed by atoms with Crippen molar-refractivity contribution in [3.8, 4) is 0 Å². The van der Waals surface area contributed by atoms with Crippen LogP contribution in [0, 0.1) is 5.92 Å². The highest BCUT2D eigenvalue weighted by atomic mass is 32.2. The van der Waals surface area contributed by atoms with Gasteiger partial charge in [0.1, 0.15) is 10.8 Å². The highest BCUT2D eigenvalue weighted by Gasteiger charge is 2.44. The van der Waals surface area contributed by atoms with Gasteiger partial charge in [-0.3, -0.25) is 4.90 Å². The van der Waals surface area contributed by atoms with Crippen molar-refractivity contribution in [2.24, 2.45) is 5.92 Å². The molecule has 34 heavy (non-hydrogen) atoms. The van der Waals surface area contributed by atoms with Crippen molar-refractivity contribution in [1.82, 2.24) is 15.1 Å². The lowest BCUT2D eigenvalue weighted by Crippen LogP contribution is -2.46. The second kappa shape index (κ2) is 8.82. The second-order valence-corrected chi connectivity index (χ2v) is 11.6. The molecule has 5 rings (SSSR count). The Morgan fingerprint density at radius 1 is 1.18 bits per heavy atom. The van der Waals surface area contributed by atoms with Gasteiger partial charge in [-0.25, -0.2) is 9.97 Å². The number of fused-ring (bicyclic) bond motifs is 6. The Kier molecular flexibility index (Phi) is 5.98. The molecule has 180 valence electrons. The molecule has 0 amide bonds. The van der Waals surface area contributed by atoms with Gasteiger partial charge in [-0.1, -0.05) is 12.6 Å². The van der Waals surface area contributed by atoms with Crippen LogP contribution in [0.3, 0.4) is 0 Å². The van der Waals surface area contributed by atoms with Gasteiger partial charge in [-0.15, -0.1) is 0 Å². The summed E-state index contributed by atoms with van der Waals surface area (Å²) >= 11 is 1.49. The van der Waals surface area contributed by atoms with Crippen LogP contribution in [0.1, 0.15) is 52.5 Å². The Balaban J connectivity index is 1.52. The van der Waals surface area contributed by atoms with Gasteiger partial charge < -0.3 is 10.0 Å². The molecule has 8 heteroatoms. The highest BCUT2D eigenvalue weighted by Crippen LogP contribution is 2.40. The zero-order valence-electron chi connectivity index (χ0n) is 20.6. The van der Waals surface area contributed by atoms with Gasteiger partial charge >= 0.3 is 0 Å². The van der Waals surface area contributed by atoms with Gasteiger partial charge in [0.15, 0.2) is 0 Å². The lowest BCUT2D eigenvalue weighted by molar-refractivity contribution is -0.351. The van der Waals surface area contributed by atoms with Crippen molar-refractivity contribution >= 4 is 35.1 Å². The average Bonchev–Trinajstić information content (AvgIpc) is 3.32. The molecule has 0 saturated carbocycles. The summed E-state index contributed by atoms with van der Waals surface area (Å²) < 4.78 is 3.45. The predicted molar refractivity (Wildman–Crippen MR) is 141 cm³/mol. The van der Waals surface area contributed by atoms with Crippen LogP contribution in [0.15, 0.2) is 54.2 Å². The van der Waals surface area contributed by atoms with E-state index in [0.29, 0.717) is 5.92 Å². The largest absolute Gasteiger partial charge is 0.370 e. The number of aromatic nitrogens is 2. The summed E-state index contributed by atoms with van der Waals surface area (Å²) in [4.78, 5) is 11.0. The summed E-state index contributed by atoms with van der Waals surface area (Å²) in [7, 11) is 0. The summed E-state index contributed by atoms with van der Waals surface area (Å²) in [6.07, 6.45) is 7.77. The van der Waals surface area contributed by atoms with E-state index in [2.05, 4.69) is 89.0 Å². The molecular formula is C26H36N7S+. The van der Waals surface area contributed by atoms with Crippen LogP contribution in [-0.4, -0.2) is 29.2 Å². The van der Waals surface area contributed by atoms with E-state index in [1.807, 2.05) is 18.2 Å². The molecule has 3 aliphatic heterocycles. The van der Waals surface area contributed by atoms with Crippen LogP contribution in [0.5, 0.6) is 0 Å². The fourth-order valence-electron chi connectivity index (χ4n) is 5.17. The van der Waals surface area contributed by atoms with Crippen LogP contribution >= 0.6 is 11.9 Å². The third kappa shape index (κ3) is 4.74. The van der Waals surface area contributed by atoms with Crippen molar-refractivity contribution in [3.63, 3.8) is 0 Å². The molecule has 2 aromatic heterocycles. The Morgan fingerprint density at radius 2 is 2.03 bits per heavy atom. The molecule has 5 heterocycles. The summed E-state index contributed by atoms with van der Waals surface area (Å²) in [5.41, 5.74) is 5.45. The smallest absolute Gasteiger partial charge is 0.243 e. The number of rotatable bonds is 1. The standard InChI is InChI=1S/C26H35N7S/c1-18-20-11-12-22(33-15-13-25(2,3)31-33)29-24(20)32-17-19(16-26(32,4)5)8-7-14-27-21-9-6-10-23(28-21)34-30-18/h6,9-13,15,19,30-31H,1,7-8,14,16-17H2,2-5H3,(H,27,28)/p+1. The first-order chi connectivity index (χ1) is 16.2. The molecule has 1 unspecified atom stereocenters. The van der Waals surface area contributed by atoms with Gasteiger partial charge in [0.2, 0.25) is 11.6 Å². The van der Waals surface area contributed by atoms with Gasteiger partial charge in [-0.05, 0) is 77.2 Å². The maximum absolute atomic E-state index is 4.73. The lowest BCUT2D eigenvalue weighted by Gasteiger charge is -2.30. The molecule has 7 nitrogen and oxygen atoms in total. The Bertz CT molecular complexity index is 1110. The normalized spacial score (nSPS) is 23.5. The fourth-order valence-corrected chi connectivity index (χ4v) is 5.80. The van der Waals surface area contributed by atoms with E-state index in [4.69, 9.17) is 4.98 Å². The van der Waals surface area contributed by atoms with Gasteiger partial charge in [0.05, 0.1) is 35.1 Å². The number of nitrogens with one attached hydrogen (secondary N) is 4. The first kappa shape index (κ1) is 23.1. The van der Waals surface area contributed by atoms with Crippen molar-refractivity contribution in [3.05, 3.63) is 54.8 Å². The number of nitrogens with zero attached hydrogens (tertiary/aromatic N) is 3. The number of hydrogen-bond acceptors (Lipinski definition) is 7. The number of hydrogen-bond donors (Lipinski definition) is 3. The molecule has 4 N–H and O–H groups in total. The maximum atomic E-state index is 4.73. The molecule has 2 aromatic rings. The molecule has 1 saturated heterocycles. The van der Waals surface area contributed by atoms with Crippen molar-refractivity contribution < 1.29 is 4.98 Å². The third-order valence-corrected chi connectivity index (χ3v) is 7.66.